The largest absolute Gasteiger partial charge is 0.491 e. The summed E-state index contributed by atoms with van der Waals surface area (Å²) in [6.45, 7) is 5.28. The van der Waals surface area contributed by atoms with Crippen molar-refractivity contribution in [2.75, 3.05) is 5.32 Å². The van der Waals surface area contributed by atoms with Crippen molar-refractivity contribution in [2.45, 2.75) is 39.6 Å². The molecule has 1 aromatic heterocycles. The number of ether oxygens (including phenoxy) is 1. The molecule has 0 unspecified atom stereocenters. The number of aromatic nitrogens is 2. The van der Waals surface area contributed by atoms with Crippen LogP contribution in [0.5, 0.6) is 5.75 Å². The van der Waals surface area contributed by atoms with E-state index in [0.717, 1.165) is 6.07 Å². The number of anilines is 1. The first kappa shape index (κ1) is 17.1. The minimum absolute atomic E-state index is 0.00502. The van der Waals surface area contributed by atoms with Crippen molar-refractivity contribution in [3.8, 4) is 5.75 Å². The fourth-order valence-corrected chi connectivity index (χ4v) is 2.05. The summed E-state index contributed by atoms with van der Waals surface area (Å²) in [5.41, 5.74) is 0.0902. The summed E-state index contributed by atoms with van der Waals surface area (Å²) in [7, 11) is 0. The standard InChI is InChI=1S/C16H18F3N3O/c1-10(2)23-13-5-4-12(14(6-13)16(17,18)19)8-21-15-9-20-7-11(3)22-15/h4-7,9-10H,8H2,1-3H3,(H,21,22). The van der Waals surface area contributed by atoms with Gasteiger partial charge in [0.15, 0.2) is 0 Å². The van der Waals surface area contributed by atoms with E-state index in [1.165, 1.54) is 18.3 Å². The van der Waals surface area contributed by atoms with Crippen LogP contribution >= 0.6 is 0 Å². The zero-order valence-electron chi connectivity index (χ0n) is 13.1. The van der Waals surface area contributed by atoms with Crippen LogP contribution in [-0.2, 0) is 12.7 Å². The van der Waals surface area contributed by atoms with Crippen molar-refractivity contribution in [3.05, 3.63) is 47.4 Å². The van der Waals surface area contributed by atoms with E-state index in [4.69, 9.17) is 4.74 Å². The molecule has 0 radical (unpaired) electrons. The van der Waals surface area contributed by atoms with Crippen LogP contribution in [0.3, 0.4) is 0 Å². The number of hydrogen-bond donors (Lipinski definition) is 1. The molecule has 1 N–H and O–H groups in total. The van der Waals surface area contributed by atoms with Crippen LogP contribution in [0.4, 0.5) is 19.0 Å². The molecule has 0 aliphatic rings. The van der Waals surface area contributed by atoms with E-state index in [2.05, 4.69) is 15.3 Å². The highest BCUT2D eigenvalue weighted by Gasteiger charge is 2.33. The molecule has 0 saturated carbocycles. The van der Waals surface area contributed by atoms with E-state index in [1.54, 1.807) is 27.0 Å². The summed E-state index contributed by atoms with van der Waals surface area (Å²) in [5, 5.41) is 2.86. The van der Waals surface area contributed by atoms with E-state index >= 15 is 0 Å². The lowest BCUT2D eigenvalue weighted by Crippen LogP contribution is -2.14. The van der Waals surface area contributed by atoms with Gasteiger partial charge in [-0.15, -0.1) is 0 Å². The Morgan fingerprint density at radius 2 is 1.96 bits per heavy atom. The van der Waals surface area contributed by atoms with Gasteiger partial charge in [0.05, 0.1) is 23.6 Å². The van der Waals surface area contributed by atoms with Crippen molar-refractivity contribution < 1.29 is 17.9 Å². The second-order valence-corrected chi connectivity index (χ2v) is 5.38. The Balaban J connectivity index is 2.23. The van der Waals surface area contributed by atoms with E-state index in [1.807, 2.05) is 0 Å². The van der Waals surface area contributed by atoms with Crippen LogP contribution in [0.2, 0.25) is 0 Å². The average Bonchev–Trinajstić information content (AvgIpc) is 2.44. The number of alkyl halides is 3. The number of benzene rings is 1. The van der Waals surface area contributed by atoms with Crippen molar-refractivity contribution in [2.24, 2.45) is 0 Å². The molecule has 0 aliphatic carbocycles. The number of aryl methyl sites for hydroxylation is 1. The van der Waals surface area contributed by atoms with Gasteiger partial charge in [0.1, 0.15) is 11.6 Å². The van der Waals surface area contributed by atoms with E-state index in [0.29, 0.717) is 11.5 Å². The van der Waals surface area contributed by atoms with Gasteiger partial charge in [-0.05, 0) is 38.5 Å². The molecule has 0 spiro atoms. The van der Waals surface area contributed by atoms with E-state index in [9.17, 15) is 13.2 Å². The van der Waals surface area contributed by atoms with Crippen LogP contribution in [-0.4, -0.2) is 16.1 Å². The van der Waals surface area contributed by atoms with Crippen LogP contribution in [0.25, 0.3) is 0 Å². The summed E-state index contributed by atoms with van der Waals surface area (Å²) in [6, 6.07) is 3.98. The molecule has 0 fully saturated rings. The lowest BCUT2D eigenvalue weighted by Gasteiger charge is -2.17. The van der Waals surface area contributed by atoms with Gasteiger partial charge in [0, 0.05) is 12.7 Å². The second kappa shape index (κ2) is 6.85. The predicted octanol–water partition coefficient (Wildman–Crippen LogP) is 4.20. The monoisotopic (exact) mass is 325 g/mol. The van der Waals surface area contributed by atoms with Gasteiger partial charge in [-0.2, -0.15) is 13.2 Å². The summed E-state index contributed by atoms with van der Waals surface area (Å²) in [6.07, 6.45) is -1.60. The normalized spacial score (nSPS) is 11.6. The minimum Gasteiger partial charge on any atom is -0.491 e. The molecule has 1 aromatic carbocycles. The number of rotatable bonds is 5. The highest BCUT2D eigenvalue weighted by Crippen LogP contribution is 2.35. The Morgan fingerprint density at radius 3 is 2.57 bits per heavy atom. The Labute approximate surface area is 132 Å². The van der Waals surface area contributed by atoms with Crippen molar-refractivity contribution in [3.63, 3.8) is 0 Å². The number of halogens is 3. The molecule has 23 heavy (non-hydrogen) atoms. The molecule has 0 amide bonds. The van der Waals surface area contributed by atoms with E-state index in [-0.39, 0.29) is 24.0 Å². The molecular formula is C16H18F3N3O. The molecular weight excluding hydrogens is 307 g/mol. The fraction of sp³-hybridized carbons (Fsp3) is 0.375. The fourth-order valence-electron chi connectivity index (χ4n) is 2.05. The summed E-state index contributed by atoms with van der Waals surface area (Å²) < 4.78 is 45.1. The van der Waals surface area contributed by atoms with Crippen molar-refractivity contribution >= 4 is 5.82 Å². The van der Waals surface area contributed by atoms with Crippen molar-refractivity contribution in [1.82, 2.24) is 9.97 Å². The molecule has 2 rings (SSSR count). The number of hydrogen-bond acceptors (Lipinski definition) is 4. The first-order chi connectivity index (χ1) is 10.8. The molecule has 4 nitrogen and oxygen atoms in total. The Kier molecular flexibility index (Phi) is 5.08. The topological polar surface area (TPSA) is 47.0 Å². The molecule has 0 aliphatic heterocycles. The second-order valence-electron chi connectivity index (χ2n) is 5.38. The van der Waals surface area contributed by atoms with Crippen LogP contribution < -0.4 is 10.1 Å². The number of nitrogens with zero attached hydrogens (tertiary/aromatic N) is 2. The maximum Gasteiger partial charge on any atom is 0.416 e. The lowest BCUT2D eigenvalue weighted by atomic mass is 10.1. The Bertz CT molecular complexity index is 672. The highest BCUT2D eigenvalue weighted by molar-refractivity contribution is 5.41. The zero-order chi connectivity index (χ0) is 17.0. The van der Waals surface area contributed by atoms with E-state index < -0.39 is 11.7 Å². The highest BCUT2D eigenvalue weighted by atomic mass is 19.4. The Hall–Kier alpha value is -2.31. The van der Waals surface area contributed by atoms with Gasteiger partial charge in [-0.3, -0.25) is 4.98 Å². The molecule has 2 aromatic rings. The van der Waals surface area contributed by atoms with Gasteiger partial charge in [0.25, 0.3) is 0 Å². The molecule has 124 valence electrons. The summed E-state index contributed by atoms with van der Waals surface area (Å²) in [5.74, 6) is 0.632. The minimum atomic E-state index is -4.45. The van der Waals surface area contributed by atoms with Gasteiger partial charge in [-0.1, -0.05) is 6.07 Å². The quantitative estimate of drug-likeness (QED) is 0.895. The first-order valence-electron chi connectivity index (χ1n) is 7.15. The van der Waals surface area contributed by atoms with Gasteiger partial charge in [0.2, 0.25) is 0 Å². The SMILES string of the molecule is Cc1cncc(NCc2ccc(OC(C)C)cc2C(F)(F)F)n1. The molecule has 7 heteroatoms. The predicted molar refractivity (Wildman–Crippen MR) is 81.3 cm³/mol. The van der Waals surface area contributed by atoms with Crippen LogP contribution in [0, 0.1) is 6.92 Å². The lowest BCUT2D eigenvalue weighted by molar-refractivity contribution is -0.138. The van der Waals surface area contributed by atoms with Gasteiger partial charge in [-0.25, -0.2) is 4.98 Å². The van der Waals surface area contributed by atoms with Gasteiger partial charge >= 0.3 is 6.18 Å². The van der Waals surface area contributed by atoms with Gasteiger partial charge < -0.3 is 10.1 Å². The van der Waals surface area contributed by atoms with Crippen LogP contribution in [0.1, 0.15) is 30.7 Å². The third-order valence-corrected chi connectivity index (χ3v) is 2.97. The van der Waals surface area contributed by atoms with Crippen molar-refractivity contribution in [1.29, 1.82) is 0 Å². The zero-order valence-corrected chi connectivity index (χ0v) is 13.1. The maximum atomic E-state index is 13.2. The summed E-state index contributed by atoms with van der Waals surface area (Å²) >= 11 is 0. The molecule has 0 saturated heterocycles. The Morgan fingerprint density at radius 1 is 1.22 bits per heavy atom. The maximum absolute atomic E-state index is 13.2. The average molecular weight is 325 g/mol. The molecule has 0 bridgehead atoms. The molecule has 1 heterocycles. The number of nitrogens with one attached hydrogen (secondary N) is 1. The van der Waals surface area contributed by atoms with Crippen LogP contribution in [0.15, 0.2) is 30.6 Å². The smallest absolute Gasteiger partial charge is 0.416 e. The third kappa shape index (κ3) is 4.84. The third-order valence-electron chi connectivity index (χ3n) is 2.97. The summed E-state index contributed by atoms with van der Waals surface area (Å²) in [4.78, 5) is 8.10. The first-order valence-corrected chi connectivity index (χ1v) is 7.15. The molecule has 0 atom stereocenters.